The number of hydrogen-bond acceptors (Lipinski definition) is 5. The summed E-state index contributed by atoms with van der Waals surface area (Å²) in [4.78, 5) is -1.34. The van der Waals surface area contributed by atoms with Crippen LogP contribution in [0.5, 0.6) is 0 Å². The Bertz CT molecular complexity index is 799. The van der Waals surface area contributed by atoms with Gasteiger partial charge in [0.15, 0.2) is 0 Å². The number of rotatable bonds is 3. The maximum absolute atomic E-state index is 11.6. The number of primary sulfonamides is 2. The molecule has 0 aliphatic heterocycles. The molecule has 7 nitrogen and oxygen atoms in total. The minimum Gasteiger partial charge on any atom is -0.397 e. The molecule has 0 aliphatic rings. The second-order valence-corrected chi connectivity index (χ2v) is 7.87. The van der Waals surface area contributed by atoms with E-state index in [0.29, 0.717) is 0 Å². The molecule has 0 amide bonds. The van der Waals surface area contributed by atoms with Gasteiger partial charge in [0.1, 0.15) is 14.3 Å². The van der Waals surface area contributed by atoms with Gasteiger partial charge in [-0.25, -0.2) is 27.1 Å². The average molecular weight is 381 g/mol. The van der Waals surface area contributed by atoms with Gasteiger partial charge in [0.25, 0.3) is 0 Å². The summed E-state index contributed by atoms with van der Waals surface area (Å²) in [5.74, 6) is 0. The summed E-state index contributed by atoms with van der Waals surface area (Å²) in [6.45, 7) is 0. The highest BCUT2D eigenvalue weighted by atomic mass is 35.5. The van der Waals surface area contributed by atoms with Crippen molar-refractivity contribution in [3.63, 3.8) is 0 Å². The summed E-state index contributed by atoms with van der Waals surface area (Å²) in [5, 5.41) is 9.56. The van der Waals surface area contributed by atoms with E-state index in [2.05, 4.69) is 0 Å². The van der Waals surface area contributed by atoms with E-state index in [0.717, 1.165) is 12.1 Å². The Kier molecular flexibility index (Phi) is 4.97. The molecular formula is C8H8Cl3N3O4S2. The molecule has 6 N–H and O–H groups in total. The van der Waals surface area contributed by atoms with Crippen LogP contribution in [0.2, 0.25) is 0 Å². The maximum Gasteiger partial charge on any atom is 0.240 e. The van der Waals surface area contributed by atoms with Crippen LogP contribution in [0.1, 0.15) is 5.56 Å². The summed E-state index contributed by atoms with van der Waals surface area (Å²) in [5.41, 5.74) is 4.61. The Morgan fingerprint density at radius 2 is 1.45 bits per heavy atom. The third kappa shape index (κ3) is 3.55. The summed E-state index contributed by atoms with van der Waals surface area (Å²) in [6, 6.07) is 2.00. The molecule has 0 unspecified atom stereocenters. The first-order valence-corrected chi connectivity index (χ1v) is 8.79. The minimum atomic E-state index is -4.41. The first-order valence-electron chi connectivity index (χ1n) is 4.56. The number of hydrogen-bond donors (Lipinski definition) is 3. The third-order valence-electron chi connectivity index (χ3n) is 2.15. The van der Waals surface area contributed by atoms with Gasteiger partial charge in [0, 0.05) is 5.56 Å². The lowest BCUT2D eigenvalue weighted by molar-refractivity contribution is 0.596. The maximum atomic E-state index is 11.6. The molecule has 0 fully saturated rings. The van der Waals surface area contributed by atoms with Crippen LogP contribution in [0, 0.1) is 0 Å². The van der Waals surface area contributed by atoms with Crippen molar-refractivity contribution in [3.05, 3.63) is 22.2 Å². The lowest BCUT2D eigenvalue weighted by Crippen LogP contribution is -2.20. The Hall–Kier alpha value is -0.550. The van der Waals surface area contributed by atoms with E-state index >= 15 is 0 Å². The number of nitrogens with two attached hydrogens (primary N) is 3. The van der Waals surface area contributed by atoms with Crippen LogP contribution in [0.4, 0.5) is 5.69 Å². The van der Waals surface area contributed by atoms with Crippen LogP contribution in [0.15, 0.2) is 26.4 Å². The van der Waals surface area contributed by atoms with Gasteiger partial charge in [-0.15, -0.1) is 0 Å². The van der Waals surface area contributed by atoms with Gasteiger partial charge in [0.2, 0.25) is 20.0 Å². The molecule has 0 heterocycles. The van der Waals surface area contributed by atoms with Crippen molar-refractivity contribution in [2.75, 3.05) is 5.73 Å². The fraction of sp³-hybridized carbons (Fsp3) is 0. The van der Waals surface area contributed by atoms with Gasteiger partial charge in [-0.05, 0) is 6.07 Å². The molecule has 0 radical (unpaired) electrons. The second kappa shape index (κ2) is 5.68. The third-order valence-corrected chi connectivity index (χ3v) is 5.09. The Balaban J connectivity index is 3.96. The van der Waals surface area contributed by atoms with E-state index in [-0.39, 0.29) is 10.6 Å². The van der Waals surface area contributed by atoms with Crippen LogP contribution >= 0.6 is 34.8 Å². The van der Waals surface area contributed by atoms with E-state index in [4.69, 9.17) is 50.8 Å². The van der Waals surface area contributed by atoms with Crippen LogP contribution < -0.4 is 16.0 Å². The average Bonchev–Trinajstić information content (AvgIpc) is 2.23. The molecule has 112 valence electrons. The molecule has 0 atom stereocenters. The van der Waals surface area contributed by atoms with Crippen LogP contribution in [-0.4, -0.2) is 16.8 Å². The number of sulfonamides is 2. The minimum absolute atomic E-state index is 0.237. The molecule has 1 aromatic carbocycles. The molecule has 0 spiro atoms. The van der Waals surface area contributed by atoms with Crippen molar-refractivity contribution >= 4 is 65.6 Å². The molecule has 20 heavy (non-hydrogen) atoms. The molecule has 0 aliphatic carbocycles. The molecule has 0 bridgehead atoms. The molecule has 1 aromatic rings. The zero-order valence-corrected chi connectivity index (χ0v) is 13.4. The Morgan fingerprint density at radius 3 is 1.80 bits per heavy atom. The predicted octanol–water partition coefficient (Wildman–Crippen LogP) is 0.906. The van der Waals surface area contributed by atoms with Crippen molar-refractivity contribution in [1.82, 2.24) is 0 Å². The molecule has 1 rings (SSSR count). The molecule has 0 aromatic heterocycles. The zero-order chi connectivity index (χ0) is 15.9. The van der Waals surface area contributed by atoms with Crippen molar-refractivity contribution in [1.29, 1.82) is 0 Å². The van der Waals surface area contributed by atoms with Gasteiger partial charge in [-0.3, -0.25) is 0 Å². The molecule has 0 saturated heterocycles. The lowest BCUT2D eigenvalue weighted by Gasteiger charge is -2.13. The highest BCUT2D eigenvalue weighted by molar-refractivity contribution is 7.90. The van der Waals surface area contributed by atoms with Crippen LogP contribution in [0.3, 0.4) is 0 Å². The number of anilines is 1. The summed E-state index contributed by atoms with van der Waals surface area (Å²) < 4.78 is 45.3. The van der Waals surface area contributed by atoms with Gasteiger partial charge < -0.3 is 5.73 Å². The van der Waals surface area contributed by atoms with Crippen molar-refractivity contribution in [2.45, 2.75) is 9.79 Å². The van der Waals surface area contributed by atoms with Crippen LogP contribution in [-0.2, 0) is 20.0 Å². The standard InChI is InChI=1S/C8H8Cl3N3O4S2/c9-5(8(10)11)3-1-2-4(19(13,15)16)6(12)7(3)20(14,17)18/h1-2H,12H2,(H2,13,15,16)(H2,14,17,18). The topological polar surface area (TPSA) is 146 Å². The fourth-order valence-electron chi connectivity index (χ4n) is 1.41. The molecular weight excluding hydrogens is 373 g/mol. The van der Waals surface area contributed by atoms with Crippen molar-refractivity contribution in [3.8, 4) is 0 Å². The number of halogens is 3. The van der Waals surface area contributed by atoms with E-state index in [9.17, 15) is 16.8 Å². The first-order chi connectivity index (χ1) is 8.87. The van der Waals surface area contributed by atoms with Gasteiger partial charge in [0.05, 0.1) is 10.7 Å². The smallest absolute Gasteiger partial charge is 0.240 e. The second-order valence-electron chi connectivity index (χ2n) is 3.52. The Labute approximate surface area is 130 Å². The molecule has 12 heteroatoms. The van der Waals surface area contributed by atoms with Gasteiger partial charge >= 0.3 is 0 Å². The summed E-state index contributed by atoms with van der Waals surface area (Å²) in [7, 11) is -8.66. The largest absolute Gasteiger partial charge is 0.397 e. The van der Waals surface area contributed by atoms with E-state index < -0.39 is 40.0 Å². The predicted molar refractivity (Wildman–Crippen MR) is 78.1 cm³/mol. The molecule has 0 saturated carbocycles. The van der Waals surface area contributed by atoms with E-state index in [1.54, 1.807) is 0 Å². The Morgan fingerprint density at radius 1 is 0.950 bits per heavy atom. The first kappa shape index (κ1) is 17.5. The fourth-order valence-corrected chi connectivity index (χ4v) is 3.45. The monoisotopic (exact) mass is 379 g/mol. The van der Waals surface area contributed by atoms with E-state index in [1.807, 2.05) is 0 Å². The normalized spacial score (nSPS) is 12.2. The lowest BCUT2D eigenvalue weighted by atomic mass is 10.2. The number of benzene rings is 1. The summed E-state index contributed by atoms with van der Waals surface area (Å²) in [6.07, 6.45) is 0. The van der Waals surface area contributed by atoms with E-state index in [1.165, 1.54) is 0 Å². The van der Waals surface area contributed by atoms with Crippen molar-refractivity contribution < 1.29 is 16.8 Å². The quantitative estimate of drug-likeness (QED) is 0.667. The van der Waals surface area contributed by atoms with Gasteiger partial charge in [-0.2, -0.15) is 0 Å². The summed E-state index contributed by atoms with van der Waals surface area (Å²) >= 11 is 16.7. The SMILES string of the molecule is Nc1c(S(N)(=O)=O)ccc(C(Cl)=C(Cl)Cl)c1S(N)(=O)=O. The van der Waals surface area contributed by atoms with Gasteiger partial charge in [-0.1, -0.05) is 40.9 Å². The van der Waals surface area contributed by atoms with Crippen molar-refractivity contribution in [2.24, 2.45) is 10.3 Å². The highest BCUT2D eigenvalue weighted by Gasteiger charge is 2.26. The zero-order valence-electron chi connectivity index (χ0n) is 9.47. The highest BCUT2D eigenvalue weighted by Crippen LogP contribution is 2.37. The number of nitrogen functional groups attached to an aromatic ring is 1. The van der Waals surface area contributed by atoms with Crippen LogP contribution in [0.25, 0.3) is 5.03 Å².